The number of nitrogens with one attached hydrogen (secondary N) is 3. The summed E-state index contributed by atoms with van der Waals surface area (Å²) in [6.07, 6.45) is 0. The topological polar surface area (TPSA) is 113 Å². The van der Waals surface area contributed by atoms with Gasteiger partial charge in [0.25, 0.3) is 5.91 Å². The molecule has 9 heteroatoms. The van der Waals surface area contributed by atoms with Crippen molar-refractivity contribution in [1.82, 2.24) is 16.0 Å². The lowest BCUT2D eigenvalue weighted by molar-refractivity contribution is -0.127. The molecule has 130 valence electrons. The highest BCUT2D eigenvalue weighted by Crippen LogP contribution is 2.07. The molecule has 0 saturated carbocycles. The average molecular weight is 363 g/mol. The zero-order valence-corrected chi connectivity index (χ0v) is 14.8. The molecule has 1 aromatic heterocycles. The maximum Gasteiger partial charge on any atom is 0.261 e. The van der Waals surface area contributed by atoms with Gasteiger partial charge in [0.05, 0.1) is 17.5 Å². The Labute approximate surface area is 145 Å². The zero-order chi connectivity index (χ0) is 16.5. The summed E-state index contributed by atoms with van der Waals surface area (Å²) < 4.78 is 0. The number of hydrogen-bond donors (Lipinski definition) is 4. The van der Waals surface area contributed by atoms with E-state index in [4.69, 9.17) is 5.73 Å². The average Bonchev–Trinajstić information content (AvgIpc) is 3.02. The third-order valence-electron chi connectivity index (χ3n) is 2.92. The van der Waals surface area contributed by atoms with Crippen LogP contribution >= 0.6 is 23.7 Å². The molecule has 0 saturated heterocycles. The summed E-state index contributed by atoms with van der Waals surface area (Å²) in [4.78, 5) is 35.3. The molecule has 0 fully saturated rings. The van der Waals surface area contributed by atoms with E-state index in [2.05, 4.69) is 16.0 Å². The Hall–Kier alpha value is -1.64. The van der Waals surface area contributed by atoms with Gasteiger partial charge in [-0.2, -0.15) is 0 Å². The fourth-order valence-electron chi connectivity index (χ4n) is 1.52. The Balaban J connectivity index is 0.00000484. The number of nitrogens with two attached hydrogens (primary N) is 1. The molecule has 5 N–H and O–H groups in total. The van der Waals surface area contributed by atoms with E-state index in [9.17, 15) is 14.4 Å². The lowest BCUT2D eigenvalue weighted by Crippen LogP contribution is -2.47. The Bertz CT molecular complexity index is 508. The van der Waals surface area contributed by atoms with Crippen molar-refractivity contribution in [3.63, 3.8) is 0 Å². The maximum absolute atomic E-state index is 11.6. The molecule has 3 amide bonds. The third kappa shape index (κ3) is 7.96. The number of halogens is 1. The first-order valence-corrected chi connectivity index (χ1v) is 7.91. The Morgan fingerprint density at radius 1 is 1.17 bits per heavy atom. The molecule has 0 aliphatic carbocycles. The summed E-state index contributed by atoms with van der Waals surface area (Å²) in [5.74, 6) is -0.832. The van der Waals surface area contributed by atoms with Gasteiger partial charge in [-0.05, 0) is 17.4 Å². The number of carbonyl (C=O) groups excluding carboxylic acids is 3. The highest BCUT2D eigenvalue weighted by atomic mass is 35.5. The van der Waals surface area contributed by atoms with E-state index in [1.165, 1.54) is 11.3 Å². The third-order valence-corrected chi connectivity index (χ3v) is 3.79. The summed E-state index contributed by atoms with van der Waals surface area (Å²) in [5, 5.41) is 9.58. The Kier molecular flexibility index (Phi) is 10.2. The number of rotatable bonds is 8. The van der Waals surface area contributed by atoms with Crippen molar-refractivity contribution in [2.45, 2.75) is 19.9 Å². The summed E-state index contributed by atoms with van der Waals surface area (Å²) in [6, 6.07) is 2.90. The lowest BCUT2D eigenvalue weighted by Gasteiger charge is -2.15. The summed E-state index contributed by atoms with van der Waals surface area (Å²) >= 11 is 1.35. The van der Waals surface area contributed by atoms with Crippen LogP contribution in [-0.2, 0) is 9.59 Å². The molecule has 0 aromatic carbocycles. The molecule has 23 heavy (non-hydrogen) atoms. The van der Waals surface area contributed by atoms with Crippen LogP contribution in [-0.4, -0.2) is 43.4 Å². The van der Waals surface area contributed by atoms with Gasteiger partial charge >= 0.3 is 0 Å². The summed E-state index contributed by atoms with van der Waals surface area (Å²) in [6.45, 7) is 4.16. The lowest BCUT2D eigenvalue weighted by atomic mass is 10.1. The molecule has 1 aromatic rings. The van der Waals surface area contributed by atoms with Gasteiger partial charge in [-0.1, -0.05) is 19.9 Å². The first kappa shape index (κ1) is 21.4. The van der Waals surface area contributed by atoms with Crippen LogP contribution < -0.4 is 21.7 Å². The van der Waals surface area contributed by atoms with Crippen LogP contribution in [0.3, 0.4) is 0 Å². The smallest absolute Gasteiger partial charge is 0.261 e. The SMILES string of the molecule is CC(C)[C@H](N)C(=O)NCC(=O)NCCNC(=O)c1cccs1.Cl. The van der Waals surface area contributed by atoms with Gasteiger partial charge in [-0.3, -0.25) is 14.4 Å². The van der Waals surface area contributed by atoms with E-state index in [1.807, 2.05) is 19.2 Å². The van der Waals surface area contributed by atoms with E-state index < -0.39 is 6.04 Å². The monoisotopic (exact) mass is 362 g/mol. The van der Waals surface area contributed by atoms with E-state index in [-0.39, 0.29) is 42.6 Å². The molecule has 0 unspecified atom stereocenters. The van der Waals surface area contributed by atoms with Gasteiger partial charge in [-0.15, -0.1) is 23.7 Å². The molecule has 0 aliphatic heterocycles. The fourth-order valence-corrected chi connectivity index (χ4v) is 2.16. The zero-order valence-electron chi connectivity index (χ0n) is 13.1. The first-order chi connectivity index (χ1) is 10.4. The van der Waals surface area contributed by atoms with Crippen molar-refractivity contribution in [3.05, 3.63) is 22.4 Å². The Morgan fingerprint density at radius 3 is 2.39 bits per heavy atom. The molecule has 7 nitrogen and oxygen atoms in total. The molecular formula is C14H23ClN4O3S. The molecule has 1 rings (SSSR count). The minimum Gasteiger partial charge on any atom is -0.353 e. The molecular weight excluding hydrogens is 340 g/mol. The van der Waals surface area contributed by atoms with E-state index in [1.54, 1.807) is 12.1 Å². The van der Waals surface area contributed by atoms with Crippen LogP contribution in [0.25, 0.3) is 0 Å². The van der Waals surface area contributed by atoms with Crippen LogP contribution in [0.15, 0.2) is 17.5 Å². The van der Waals surface area contributed by atoms with Crippen LogP contribution in [0.5, 0.6) is 0 Å². The van der Waals surface area contributed by atoms with Crippen molar-refractivity contribution < 1.29 is 14.4 Å². The van der Waals surface area contributed by atoms with E-state index in [0.717, 1.165) is 0 Å². The minimum atomic E-state index is -0.627. The quantitative estimate of drug-likeness (QED) is 0.492. The molecule has 0 spiro atoms. The number of hydrogen-bond acceptors (Lipinski definition) is 5. The van der Waals surface area contributed by atoms with Gasteiger partial charge in [0.15, 0.2) is 0 Å². The molecule has 0 aliphatic rings. The van der Waals surface area contributed by atoms with E-state index >= 15 is 0 Å². The largest absolute Gasteiger partial charge is 0.353 e. The predicted octanol–water partition coefficient (Wildman–Crippen LogP) is 0.115. The van der Waals surface area contributed by atoms with Crippen LogP contribution in [0.2, 0.25) is 0 Å². The second kappa shape index (κ2) is 11.0. The van der Waals surface area contributed by atoms with Crippen LogP contribution in [0.4, 0.5) is 0 Å². The molecule has 0 radical (unpaired) electrons. The second-order valence-electron chi connectivity index (χ2n) is 5.07. The normalized spacial score (nSPS) is 11.3. The molecule has 1 heterocycles. The first-order valence-electron chi connectivity index (χ1n) is 7.03. The fraction of sp³-hybridized carbons (Fsp3) is 0.500. The standard InChI is InChI=1S/C14H22N4O3S.ClH/c1-9(2)12(15)14(21)18-8-11(19)16-5-6-17-13(20)10-4-3-7-22-10;/h3-4,7,9,12H,5-6,8,15H2,1-2H3,(H,16,19)(H,17,20)(H,18,21);1H/t12-;/m0./s1. The highest BCUT2D eigenvalue weighted by molar-refractivity contribution is 7.12. The second-order valence-corrected chi connectivity index (χ2v) is 6.02. The van der Waals surface area contributed by atoms with Crippen molar-refractivity contribution >= 4 is 41.5 Å². The number of carbonyl (C=O) groups is 3. The van der Waals surface area contributed by atoms with Crippen molar-refractivity contribution in [2.75, 3.05) is 19.6 Å². The summed E-state index contributed by atoms with van der Waals surface area (Å²) in [7, 11) is 0. The van der Waals surface area contributed by atoms with Crippen molar-refractivity contribution in [2.24, 2.45) is 11.7 Å². The summed E-state index contributed by atoms with van der Waals surface area (Å²) in [5.41, 5.74) is 5.66. The Morgan fingerprint density at radius 2 is 1.83 bits per heavy atom. The molecule has 1 atom stereocenters. The number of thiophene rings is 1. The van der Waals surface area contributed by atoms with E-state index in [0.29, 0.717) is 18.0 Å². The predicted molar refractivity (Wildman–Crippen MR) is 92.7 cm³/mol. The van der Waals surface area contributed by atoms with Gasteiger partial charge in [0.1, 0.15) is 0 Å². The van der Waals surface area contributed by atoms with Crippen molar-refractivity contribution in [1.29, 1.82) is 0 Å². The maximum atomic E-state index is 11.6. The van der Waals surface area contributed by atoms with Gasteiger partial charge < -0.3 is 21.7 Å². The van der Waals surface area contributed by atoms with Gasteiger partial charge in [0, 0.05) is 13.1 Å². The highest BCUT2D eigenvalue weighted by Gasteiger charge is 2.17. The van der Waals surface area contributed by atoms with Gasteiger partial charge in [0.2, 0.25) is 11.8 Å². The van der Waals surface area contributed by atoms with Gasteiger partial charge in [-0.25, -0.2) is 0 Å². The molecule has 0 bridgehead atoms. The number of amides is 3. The van der Waals surface area contributed by atoms with Crippen LogP contribution in [0.1, 0.15) is 23.5 Å². The van der Waals surface area contributed by atoms with Crippen molar-refractivity contribution in [3.8, 4) is 0 Å². The minimum absolute atomic E-state index is 0. The van der Waals surface area contributed by atoms with Crippen LogP contribution in [0, 0.1) is 5.92 Å².